The summed E-state index contributed by atoms with van der Waals surface area (Å²) in [6.45, 7) is 0.187. The third-order valence-electron chi connectivity index (χ3n) is 6.46. The molecule has 3 heterocycles. The van der Waals surface area contributed by atoms with Crippen LogP contribution in [0.4, 0.5) is 5.69 Å². The van der Waals surface area contributed by atoms with Crippen molar-refractivity contribution in [3.05, 3.63) is 59.3 Å². The van der Waals surface area contributed by atoms with Gasteiger partial charge in [-0.05, 0) is 49.2 Å². The van der Waals surface area contributed by atoms with Gasteiger partial charge in [0.2, 0.25) is 0 Å². The van der Waals surface area contributed by atoms with Crippen molar-refractivity contribution in [3.63, 3.8) is 0 Å². The zero-order chi connectivity index (χ0) is 21.5. The molecule has 1 aliphatic heterocycles. The predicted octanol–water partition coefficient (Wildman–Crippen LogP) is 3.43. The van der Waals surface area contributed by atoms with E-state index in [0.717, 1.165) is 47.8 Å². The number of aryl methyl sites for hydroxylation is 1. The van der Waals surface area contributed by atoms with Crippen LogP contribution in [0, 0.1) is 11.2 Å². The van der Waals surface area contributed by atoms with Gasteiger partial charge < -0.3 is 4.90 Å². The first-order valence-electron chi connectivity index (χ1n) is 10.6. The molecule has 2 aromatic carbocycles. The molecule has 1 fully saturated rings. The van der Waals surface area contributed by atoms with Crippen LogP contribution in [0.1, 0.15) is 12.8 Å². The maximum atomic E-state index is 13.2. The van der Waals surface area contributed by atoms with E-state index < -0.39 is 0 Å². The Kier molecular flexibility index (Phi) is 4.74. The third-order valence-corrected chi connectivity index (χ3v) is 6.46. The van der Waals surface area contributed by atoms with Gasteiger partial charge >= 0.3 is 0 Å². The molecule has 2 aromatic heterocycles. The highest BCUT2D eigenvalue weighted by molar-refractivity contribution is 6.67. The smallest absolute Gasteiger partial charge is 0.268 e. The van der Waals surface area contributed by atoms with Crippen LogP contribution in [0.25, 0.3) is 27.5 Å². The molecule has 0 atom stereocenters. The Morgan fingerprint density at radius 3 is 2.74 bits per heavy atom. The molecule has 154 valence electrons. The highest BCUT2D eigenvalue weighted by Gasteiger charge is 2.27. The van der Waals surface area contributed by atoms with E-state index in [0.29, 0.717) is 16.9 Å². The van der Waals surface area contributed by atoms with Crippen LogP contribution >= 0.6 is 0 Å². The molecular weight excluding hydrogens is 387 g/mol. The Morgan fingerprint density at radius 2 is 1.97 bits per heavy atom. The second-order valence-corrected chi connectivity index (χ2v) is 8.41. The van der Waals surface area contributed by atoms with Crippen molar-refractivity contribution in [2.24, 2.45) is 7.05 Å². The van der Waals surface area contributed by atoms with Crippen molar-refractivity contribution in [2.45, 2.75) is 31.5 Å². The normalized spacial score (nSPS) is 14.8. The molecule has 1 saturated heterocycles. The Bertz CT molecular complexity index is 1380. The number of hydrogen-bond acceptors (Lipinski definition) is 5. The summed E-state index contributed by atoms with van der Waals surface area (Å²) < 4.78 is 3.35. The van der Waals surface area contributed by atoms with E-state index >= 15 is 0 Å². The summed E-state index contributed by atoms with van der Waals surface area (Å²) in [5.74, 6) is 2.39. The van der Waals surface area contributed by atoms with E-state index in [1.807, 2.05) is 49.6 Å². The molecule has 7 nitrogen and oxygen atoms in total. The molecule has 0 bridgehead atoms. The lowest BCUT2D eigenvalue weighted by Gasteiger charge is -2.33. The molecule has 0 saturated carbocycles. The molecule has 0 radical (unpaired) electrons. The van der Waals surface area contributed by atoms with Crippen LogP contribution in [0.15, 0.2) is 53.7 Å². The van der Waals surface area contributed by atoms with E-state index in [4.69, 9.17) is 5.26 Å². The van der Waals surface area contributed by atoms with Crippen molar-refractivity contribution in [1.29, 1.82) is 5.26 Å². The average molecular weight is 410 g/mol. The van der Waals surface area contributed by atoms with Crippen molar-refractivity contribution in [3.8, 4) is 11.7 Å². The van der Waals surface area contributed by atoms with Gasteiger partial charge in [-0.3, -0.25) is 14.0 Å². The lowest BCUT2D eigenvalue weighted by atomic mass is 9.42. The van der Waals surface area contributed by atoms with Gasteiger partial charge in [0.05, 0.1) is 22.1 Å². The van der Waals surface area contributed by atoms with Gasteiger partial charge in [-0.25, -0.2) is 10.2 Å². The predicted molar refractivity (Wildman–Crippen MR) is 124 cm³/mol. The van der Waals surface area contributed by atoms with E-state index in [2.05, 4.69) is 28.0 Å². The highest BCUT2D eigenvalue weighted by Crippen LogP contribution is 2.28. The molecule has 31 heavy (non-hydrogen) atoms. The summed E-state index contributed by atoms with van der Waals surface area (Å²) in [4.78, 5) is 20.0. The fourth-order valence-electron chi connectivity index (χ4n) is 4.60. The molecular formula is C23H23BN6O. The van der Waals surface area contributed by atoms with Crippen molar-refractivity contribution >= 4 is 34.2 Å². The fourth-order valence-corrected chi connectivity index (χ4v) is 4.60. The van der Waals surface area contributed by atoms with Gasteiger partial charge in [0.25, 0.3) is 12.3 Å². The first kappa shape index (κ1) is 19.4. The van der Waals surface area contributed by atoms with E-state index in [-0.39, 0.29) is 12.3 Å². The van der Waals surface area contributed by atoms with Crippen LogP contribution in [0.3, 0.4) is 0 Å². The molecule has 0 spiro atoms. The first-order valence-corrected chi connectivity index (χ1v) is 10.6. The standard InChI is InChI=1S/C23H23BN6O/c1-28-13-16-11-19(4-6-21(16)27-28)30-15-26-22-12-18(3-5-20(22)23(30)31)29(2)17-7-9-24(14-25)10-8-17/h3-6,11-13,15,17H,7-10H2,1-2H3. The quantitative estimate of drug-likeness (QED) is 0.484. The summed E-state index contributed by atoms with van der Waals surface area (Å²) in [7, 11) is 3.97. The molecule has 1 aliphatic rings. The fraction of sp³-hybridized carbons (Fsp3) is 0.304. The number of fused-ring (bicyclic) bond motifs is 2. The second-order valence-electron chi connectivity index (χ2n) is 8.41. The van der Waals surface area contributed by atoms with Gasteiger partial charge in [0.1, 0.15) is 6.33 Å². The minimum absolute atomic E-state index is 0.0861. The van der Waals surface area contributed by atoms with Gasteiger partial charge in [0, 0.05) is 43.4 Å². The summed E-state index contributed by atoms with van der Waals surface area (Å²) in [5, 5.41) is 15.1. The molecule has 0 unspecified atom stereocenters. The maximum Gasteiger partial charge on any atom is 0.268 e. The van der Waals surface area contributed by atoms with Crippen molar-refractivity contribution in [2.75, 3.05) is 11.9 Å². The van der Waals surface area contributed by atoms with Crippen LogP contribution < -0.4 is 10.5 Å². The number of benzene rings is 2. The van der Waals surface area contributed by atoms with Crippen molar-refractivity contribution < 1.29 is 0 Å². The van der Waals surface area contributed by atoms with Crippen LogP contribution in [0.2, 0.25) is 12.6 Å². The Hall–Kier alpha value is -3.60. The highest BCUT2D eigenvalue weighted by atomic mass is 16.1. The van der Waals surface area contributed by atoms with Crippen molar-refractivity contribution in [1.82, 2.24) is 19.3 Å². The maximum absolute atomic E-state index is 13.2. The van der Waals surface area contributed by atoms with E-state index in [1.54, 1.807) is 15.6 Å². The van der Waals surface area contributed by atoms with E-state index in [9.17, 15) is 4.79 Å². The third kappa shape index (κ3) is 3.46. The summed E-state index contributed by atoms with van der Waals surface area (Å²) in [6.07, 6.45) is 7.46. The zero-order valence-electron chi connectivity index (χ0n) is 17.7. The Balaban J connectivity index is 1.47. The zero-order valence-corrected chi connectivity index (χ0v) is 17.7. The summed E-state index contributed by atoms with van der Waals surface area (Å²) >= 11 is 0. The molecule has 0 amide bonds. The molecule has 0 aliphatic carbocycles. The van der Waals surface area contributed by atoms with E-state index in [1.165, 1.54) is 0 Å². The number of nitriles is 1. The summed E-state index contributed by atoms with van der Waals surface area (Å²) in [5.41, 5.74) is 3.32. The lowest BCUT2D eigenvalue weighted by molar-refractivity contribution is 0.568. The number of aromatic nitrogens is 4. The number of nitrogens with zero attached hydrogens (tertiary/aromatic N) is 6. The average Bonchev–Trinajstić information content (AvgIpc) is 3.18. The number of hydrogen-bond donors (Lipinski definition) is 0. The Labute approximate surface area is 180 Å². The van der Waals surface area contributed by atoms with Crippen LogP contribution in [0.5, 0.6) is 0 Å². The second kappa shape index (κ2) is 7.58. The molecule has 0 N–H and O–H groups in total. The molecule has 5 rings (SSSR count). The van der Waals surface area contributed by atoms with Crippen LogP contribution in [-0.2, 0) is 7.05 Å². The molecule has 4 aromatic rings. The SMILES string of the molecule is CN(c1ccc2c(=O)n(-c3ccc4nn(C)cc4c3)cnc2c1)C1CCB(C#N)CC1. The Morgan fingerprint density at radius 1 is 1.16 bits per heavy atom. The van der Waals surface area contributed by atoms with Gasteiger partial charge in [-0.2, -0.15) is 5.10 Å². The minimum atomic E-state index is -0.0861. The minimum Gasteiger partial charge on any atom is -0.372 e. The molecule has 8 heteroatoms. The number of anilines is 1. The largest absolute Gasteiger partial charge is 0.372 e. The first-order chi connectivity index (χ1) is 15.0. The summed E-state index contributed by atoms with van der Waals surface area (Å²) in [6, 6.07) is 12.0. The topological polar surface area (TPSA) is 79.7 Å². The van der Waals surface area contributed by atoms with Crippen LogP contribution in [-0.4, -0.2) is 39.1 Å². The van der Waals surface area contributed by atoms with Gasteiger partial charge in [-0.15, -0.1) is 0 Å². The number of rotatable bonds is 3. The van der Waals surface area contributed by atoms with Gasteiger partial charge in [-0.1, -0.05) is 12.6 Å². The monoisotopic (exact) mass is 410 g/mol. The lowest BCUT2D eigenvalue weighted by Crippen LogP contribution is -2.36. The van der Waals surface area contributed by atoms with Gasteiger partial charge in [0.15, 0.2) is 0 Å².